The quantitative estimate of drug-likeness (QED) is 0.746. The number of halogens is 2. The summed E-state index contributed by atoms with van der Waals surface area (Å²) in [6.45, 7) is 1.52. The number of carbonyl (C=O) groups is 3. The number of urea groups is 1. The van der Waals surface area contributed by atoms with Gasteiger partial charge < -0.3 is 10.6 Å². The van der Waals surface area contributed by atoms with E-state index in [0.29, 0.717) is 17.3 Å². The first kappa shape index (κ1) is 16.6. The maximum Gasteiger partial charge on any atom is 0.322 e. The van der Waals surface area contributed by atoms with E-state index in [1.54, 1.807) is 18.2 Å². The smallest absolute Gasteiger partial charge is 0.322 e. The number of hydrogen-bond donors (Lipinski definition) is 3. The van der Waals surface area contributed by atoms with Crippen molar-refractivity contribution in [2.24, 2.45) is 0 Å². The lowest BCUT2D eigenvalue weighted by Crippen LogP contribution is -2.40. The van der Waals surface area contributed by atoms with E-state index in [1.807, 2.05) is 0 Å². The Balaban J connectivity index is 1.86. The number of benzene rings is 2. The zero-order chi connectivity index (χ0) is 18.2. The number of carbonyl (C=O) groups excluding carboxylic acids is 3. The SMILES string of the molecule is C[C@@]1(c2cccc(NC(=O)c3cc(F)cc(F)c3)c2)NC(=O)NC1=O. The summed E-state index contributed by atoms with van der Waals surface area (Å²) in [6.07, 6.45) is 0. The van der Waals surface area contributed by atoms with Crippen LogP contribution in [0.3, 0.4) is 0 Å². The van der Waals surface area contributed by atoms with Crippen LogP contribution in [0.1, 0.15) is 22.8 Å². The van der Waals surface area contributed by atoms with Gasteiger partial charge in [0.15, 0.2) is 0 Å². The molecule has 2 aromatic rings. The molecule has 0 bridgehead atoms. The van der Waals surface area contributed by atoms with Crippen molar-refractivity contribution in [3.05, 3.63) is 65.2 Å². The highest BCUT2D eigenvalue weighted by Gasteiger charge is 2.43. The molecule has 128 valence electrons. The molecule has 1 aliphatic heterocycles. The van der Waals surface area contributed by atoms with Gasteiger partial charge in [-0.05, 0) is 36.8 Å². The van der Waals surface area contributed by atoms with Gasteiger partial charge >= 0.3 is 6.03 Å². The van der Waals surface area contributed by atoms with E-state index in [4.69, 9.17) is 0 Å². The first-order valence-corrected chi connectivity index (χ1v) is 7.29. The number of amides is 4. The summed E-state index contributed by atoms with van der Waals surface area (Å²) in [6, 6.07) is 8.12. The van der Waals surface area contributed by atoms with Crippen LogP contribution < -0.4 is 16.0 Å². The highest BCUT2D eigenvalue weighted by atomic mass is 19.1. The van der Waals surface area contributed by atoms with Crippen molar-refractivity contribution >= 4 is 23.5 Å². The molecule has 3 rings (SSSR count). The molecule has 1 atom stereocenters. The molecule has 0 unspecified atom stereocenters. The fourth-order valence-electron chi connectivity index (χ4n) is 2.54. The van der Waals surface area contributed by atoms with E-state index in [2.05, 4.69) is 16.0 Å². The predicted octanol–water partition coefficient (Wildman–Crippen LogP) is 2.27. The summed E-state index contributed by atoms with van der Waals surface area (Å²) >= 11 is 0. The van der Waals surface area contributed by atoms with Crippen LogP contribution in [0.15, 0.2) is 42.5 Å². The van der Waals surface area contributed by atoms with Gasteiger partial charge in [-0.2, -0.15) is 0 Å². The fraction of sp³-hybridized carbons (Fsp3) is 0.118. The molecule has 3 N–H and O–H groups in total. The molecular formula is C17H13F2N3O3. The highest BCUT2D eigenvalue weighted by molar-refractivity contribution is 6.07. The second-order valence-corrected chi connectivity index (χ2v) is 5.73. The Morgan fingerprint density at radius 2 is 1.76 bits per heavy atom. The predicted molar refractivity (Wildman–Crippen MR) is 84.8 cm³/mol. The Morgan fingerprint density at radius 1 is 1.08 bits per heavy atom. The molecule has 0 saturated carbocycles. The van der Waals surface area contributed by atoms with Crippen LogP contribution in [0, 0.1) is 11.6 Å². The van der Waals surface area contributed by atoms with E-state index in [0.717, 1.165) is 12.1 Å². The third-order valence-corrected chi connectivity index (χ3v) is 3.87. The van der Waals surface area contributed by atoms with E-state index < -0.39 is 35.0 Å². The topological polar surface area (TPSA) is 87.3 Å². The number of anilines is 1. The monoisotopic (exact) mass is 345 g/mol. The van der Waals surface area contributed by atoms with Crippen LogP contribution in [0.25, 0.3) is 0 Å². The van der Waals surface area contributed by atoms with Gasteiger partial charge in [0, 0.05) is 17.3 Å². The number of nitrogens with one attached hydrogen (secondary N) is 3. The van der Waals surface area contributed by atoms with Gasteiger partial charge in [-0.25, -0.2) is 13.6 Å². The second kappa shape index (κ2) is 5.97. The molecule has 0 radical (unpaired) electrons. The van der Waals surface area contributed by atoms with Gasteiger partial charge in [0.05, 0.1) is 0 Å². The summed E-state index contributed by atoms with van der Waals surface area (Å²) in [5.74, 6) is -2.96. The van der Waals surface area contributed by atoms with Crippen molar-refractivity contribution in [2.75, 3.05) is 5.32 Å². The van der Waals surface area contributed by atoms with Gasteiger partial charge in [-0.1, -0.05) is 12.1 Å². The van der Waals surface area contributed by atoms with Crippen LogP contribution in [-0.2, 0) is 10.3 Å². The lowest BCUT2D eigenvalue weighted by Gasteiger charge is -2.21. The van der Waals surface area contributed by atoms with Crippen LogP contribution >= 0.6 is 0 Å². The van der Waals surface area contributed by atoms with Gasteiger partial charge in [0.2, 0.25) is 0 Å². The van der Waals surface area contributed by atoms with Crippen LogP contribution in [0.2, 0.25) is 0 Å². The largest absolute Gasteiger partial charge is 0.322 e. The summed E-state index contributed by atoms with van der Waals surface area (Å²) in [5.41, 5.74) is -0.703. The first-order chi connectivity index (χ1) is 11.8. The average molecular weight is 345 g/mol. The zero-order valence-electron chi connectivity index (χ0n) is 13.0. The first-order valence-electron chi connectivity index (χ1n) is 7.29. The maximum absolute atomic E-state index is 13.2. The van der Waals surface area contributed by atoms with E-state index in [9.17, 15) is 23.2 Å². The molecule has 1 saturated heterocycles. The zero-order valence-corrected chi connectivity index (χ0v) is 13.0. The van der Waals surface area contributed by atoms with Crippen molar-refractivity contribution in [2.45, 2.75) is 12.5 Å². The Bertz CT molecular complexity index is 880. The molecular weight excluding hydrogens is 332 g/mol. The Labute approximate surface area is 141 Å². The second-order valence-electron chi connectivity index (χ2n) is 5.73. The molecule has 6 nitrogen and oxygen atoms in total. The van der Waals surface area contributed by atoms with Crippen molar-refractivity contribution in [1.29, 1.82) is 0 Å². The molecule has 0 aliphatic carbocycles. The molecule has 8 heteroatoms. The van der Waals surface area contributed by atoms with E-state index in [1.165, 1.54) is 13.0 Å². The normalized spacial score (nSPS) is 19.3. The molecule has 1 heterocycles. The summed E-state index contributed by atoms with van der Waals surface area (Å²) in [5, 5.41) is 7.16. The number of rotatable bonds is 3. The van der Waals surface area contributed by atoms with Crippen LogP contribution in [0.4, 0.5) is 19.3 Å². The standard InChI is InChI=1S/C17H13F2N3O3/c1-17(15(24)21-16(25)22-17)10-3-2-4-13(7-10)20-14(23)9-5-11(18)8-12(19)6-9/h2-8H,1H3,(H,20,23)(H2,21,22,24,25)/t17-/m0/s1. The maximum atomic E-state index is 13.2. The van der Waals surface area contributed by atoms with E-state index >= 15 is 0 Å². The minimum atomic E-state index is -1.28. The lowest BCUT2D eigenvalue weighted by molar-refractivity contribution is -0.123. The molecule has 0 spiro atoms. The van der Waals surface area contributed by atoms with Crippen molar-refractivity contribution < 1.29 is 23.2 Å². The molecule has 1 aliphatic rings. The minimum Gasteiger partial charge on any atom is -0.322 e. The summed E-state index contributed by atoms with van der Waals surface area (Å²) in [4.78, 5) is 35.5. The summed E-state index contributed by atoms with van der Waals surface area (Å²) in [7, 11) is 0. The van der Waals surface area contributed by atoms with Crippen molar-refractivity contribution in [3.63, 3.8) is 0 Å². The highest BCUT2D eigenvalue weighted by Crippen LogP contribution is 2.26. The van der Waals surface area contributed by atoms with Gasteiger partial charge in [-0.3, -0.25) is 14.9 Å². The van der Waals surface area contributed by atoms with Crippen LogP contribution in [-0.4, -0.2) is 17.8 Å². The average Bonchev–Trinajstić information content (AvgIpc) is 2.80. The van der Waals surface area contributed by atoms with E-state index in [-0.39, 0.29) is 5.56 Å². The third kappa shape index (κ3) is 3.18. The number of hydrogen-bond acceptors (Lipinski definition) is 3. The Morgan fingerprint density at radius 3 is 2.36 bits per heavy atom. The minimum absolute atomic E-state index is 0.180. The fourth-order valence-corrected chi connectivity index (χ4v) is 2.54. The Kier molecular flexibility index (Phi) is 3.96. The van der Waals surface area contributed by atoms with Crippen molar-refractivity contribution in [1.82, 2.24) is 10.6 Å². The molecule has 2 aromatic carbocycles. The number of imide groups is 1. The lowest BCUT2D eigenvalue weighted by atomic mass is 9.92. The molecule has 4 amide bonds. The van der Waals surface area contributed by atoms with Crippen LogP contribution in [0.5, 0.6) is 0 Å². The van der Waals surface area contributed by atoms with Gasteiger partial charge in [0.25, 0.3) is 11.8 Å². The molecule has 25 heavy (non-hydrogen) atoms. The third-order valence-electron chi connectivity index (χ3n) is 3.87. The molecule has 0 aromatic heterocycles. The summed E-state index contributed by atoms with van der Waals surface area (Å²) < 4.78 is 26.4. The Hall–Kier alpha value is -3.29. The van der Waals surface area contributed by atoms with Gasteiger partial charge in [0.1, 0.15) is 17.2 Å². The van der Waals surface area contributed by atoms with Gasteiger partial charge in [-0.15, -0.1) is 0 Å². The van der Waals surface area contributed by atoms with Crippen molar-refractivity contribution in [3.8, 4) is 0 Å². The molecule has 1 fully saturated rings.